The summed E-state index contributed by atoms with van der Waals surface area (Å²) in [5.41, 5.74) is 7.35. The summed E-state index contributed by atoms with van der Waals surface area (Å²) in [5, 5.41) is 2.93. The van der Waals surface area contributed by atoms with Crippen LogP contribution in [0, 0.1) is 0 Å². The molecule has 0 aliphatic carbocycles. The fraction of sp³-hybridized carbons (Fsp3) is 0.100. The Hall–Kier alpha value is -2.17. The van der Waals surface area contributed by atoms with Crippen molar-refractivity contribution < 1.29 is 0 Å². The summed E-state index contributed by atoms with van der Waals surface area (Å²) in [5.74, 6) is 0.961. The molecule has 76 valence electrons. The monoisotopic (exact) mass is 201 g/mol. The van der Waals surface area contributed by atoms with Gasteiger partial charge in [-0.15, -0.1) is 0 Å². The molecule has 5 heteroatoms. The minimum Gasteiger partial charge on any atom is -0.373 e. The van der Waals surface area contributed by atoms with Crippen LogP contribution in [-0.2, 0) is 0 Å². The molecule has 0 fully saturated rings. The van der Waals surface area contributed by atoms with Crippen LogP contribution in [0.4, 0.5) is 11.8 Å². The van der Waals surface area contributed by atoms with Gasteiger partial charge in [0.25, 0.3) is 0 Å². The maximum absolute atomic E-state index is 5.59. The van der Waals surface area contributed by atoms with E-state index in [2.05, 4.69) is 20.3 Å². The highest BCUT2D eigenvalue weighted by Gasteiger charge is 2.02. The number of rotatable bonds is 2. The van der Waals surface area contributed by atoms with Crippen molar-refractivity contribution in [2.24, 2.45) is 0 Å². The third-order valence-corrected chi connectivity index (χ3v) is 1.98. The molecule has 0 saturated heterocycles. The Morgan fingerprint density at radius 3 is 2.60 bits per heavy atom. The van der Waals surface area contributed by atoms with E-state index in [4.69, 9.17) is 5.73 Å². The van der Waals surface area contributed by atoms with E-state index >= 15 is 0 Å². The SMILES string of the molecule is CNc1cc(-c2ccncc2)nc(N)n1. The average Bonchev–Trinajstić information content (AvgIpc) is 2.29. The molecule has 0 atom stereocenters. The van der Waals surface area contributed by atoms with Crippen molar-refractivity contribution >= 4 is 11.8 Å². The zero-order chi connectivity index (χ0) is 10.7. The fourth-order valence-electron chi connectivity index (χ4n) is 1.26. The summed E-state index contributed by atoms with van der Waals surface area (Å²) in [7, 11) is 1.79. The molecule has 0 radical (unpaired) electrons. The molecular weight excluding hydrogens is 190 g/mol. The van der Waals surface area contributed by atoms with Crippen LogP contribution in [0.25, 0.3) is 11.3 Å². The van der Waals surface area contributed by atoms with Gasteiger partial charge in [0.1, 0.15) is 5.82 Å². The van der Waals surface area contributed by atoms with Crippen LogP contribution in [0.5, 0.6) is 0 Å². The van der Waals surface area contributed by atoms with Gasteiger partial charge in [-0.25, -0.2) is 4.98 Å². The highest BCUT2D eigenvalue weighted by Crippen LogP contribution is 2.19. The number of hydrogen-bond acceptors (Lipinski definition) is 5. The molecule has 0 spiro atoms. The van der Waals surface area contributed by atoms with Crippen molar-refractivity contribution in [1.29, 1.82) is 0 Å². The molecule has 5 nitrogen and oxygen atoms in total. The Labute approximate surface area is 87.4 Å². The van der Waals surface area contributed by atoms with Crippen molar-refractivity contribution in [3.8, 4) is 11.3 Å². The van der Waals surface area contributed by atoms with Crippen molar-refractivity contribution in [3.63, 3.8) is 0 Å². The van der Waals surface area contributed by atoms with Gasteiger partial charge in [-0.05, 0) is 12.1 Å². The van der Waals surface area contributed by atoms with E-state index in [1.165, 1.54) is 0 Å². The number of aromatic nitrogens is 3. The third-order valence-electron chi connectivity index (χ3n) is 1.98. The van der Waals surface area contributed by atoms with Crippen LogP contribution in [0.3, 0.4) is 0 Å². The lowest BCUT2D eigenvalue weighted by Crippen LogP contribution is -2.01. The number of anilines is 2. The van der Waals surface area contributed by atoms with E-state index in [9.17, 15) is 0 Å². The van der Waals surface area contributed by atoms with Crippen LogP contribution in [-0.4, -0.2) is 22.0 Å². The fourth-order valence-corrected chi connectivity index (χ4v) is 1.26. The van der Waals surface area contributed by atoms with Gasteiger partial charge in [0, 0.05) is 31.1 Å². The third kappa shape index (κ3) is 2.01. The lowest BCUT2D eigenvalue weighted by atomic mass is 10.2. The first-order valence-electron chi connectivity index (χ1n) is 4.52. The topological polar surface area (TPSA) is 76.7 Å². The standard InChI is InChI=1S/C10H11N5/c1-12-9-6-8(14-10(11)15-9)7-2-4-13-5-3-7/h2-6H,1H3,(H3,11,12,14,15). The summed E-state index contributed by atoms with van der Waals surface area (Å²) < 4.78 is 0. The average molecular weight is 201 g/mol. The van der Waals surface area contributed by atoms with Gasteiger partial charge < -0.3 is 11.1 Å². The number of nitrogen functional groups attached to an aromatic ring is 1. The maximum atomic E-state index is 5.59. The summed E-state index contributed by atoms with van der Waals surface area (Å²) in [6.45, 7) is 0. The van der Waals surface area contributed by atoms with Crippen LogP contribution in [0.1, 0.15) is 0 Å². The summed E-state index contributed by atoms with van der Waals surface area (Å²) in [6.07, 6.45) is 3.43. The number of pyridine rings is 1. The first kappa shape index (κ1) is 9.39. The first-order valence-corrected chi connectivity index (χ1v) is 4.52. The Kier molecular flexibility index (Phi) is 2.45. The van der Waals surface area contributed by atoms with Gasteiger partial charge in [-0.1, -0.05) is 0 Å². The molecule has 0 aromatic carbocycles. The molecule has 2 aromatic heterocycles. The zero-order valence-electron chi connectivity index (χ0n) is 8.31. The minimum atomic E-state index is 0.258. The Bertz CT molecular complexity index is 455. The quantitative estimate of drug-likeness (QED) is 0.762. The minimum absolute atomic E-state index is 0.258. The van der Waals surface area contributed by atoms with Crippen LogP contribution >= 0.6 is 0 Å². The van der Waals surface area contributed by atoms with Gasteiger partial charge in [0.15, 0.2) is 0 Å². The van der Waals surface area contributed by atoms with Crippen molar-refractivity contribution in [1.82, 2.24) is 15.0 Å². The van der Waals surface area contributed by atoms with Crippen LogP contribution in [0.15, 0.2) is 30.6 Å². The first-order chi connectivity index (χ1) is 7.29. The second-order valence-electron chi connectivity index (χ2n) is 2.98. The zero-order valence-corrected chi connectivity index (χ0v) is 8.31. The number of nitrogens with one attached hydrogen (secondary N) is 1. The molecule has 0 aliphatic rings. The second kappa shape index (κ2) is 3.91. The predicted octanol–water partition coefficient (Wildman–Crippen LogP) is 1.16. The molecule has 2 heterocycles. The van der Waals surface area contributed by atoms with Gasteiger partial charge >= 0.3 is 0 Å². The van der Waals surface area contributed by atoms with Crippen molar-refractivity contribution in [2.75, 3.05) is 18.1 Å². The van der Waals surface area contributed by atoms with Crippen LogP contribution < -0.4 is 11.1 Å². The summed E-state index contributed by atoms with van der Waals surface area (Å²) in [6, 6.07) is 5.59. The highest BCUT2D eigenvalue weighted by molar-refractivity contribution is 5.63. The number of hydrogen-bond donors (Lipinski definition) is 2. The predicted molar refractivity (Wildman–Crippen MR) is 59.2 cm³/mol. The smallest absolute Gasteiger partial charge is 0.222 e. The van der Waals surface area contributed by atoms with Crippen molar-refractivity contribution in [3.05, 3.63) is 30.6 Å². The Balaban J connectivity index is 2.49. The molecule has 0 aliphatic heterocycles. The Morgan fingerprint density at radius 2 is 1.93 bits per heavy atom. The Morgan fingerprint density at radius 1 is 1.20 bits per heavy atom. The highest BCUT2D eigenvalue weighted by atomic mass is 15.1. The number of nitrogens with two attached hydrogens (primary N) is 1. The maximum Gasteiger partial charge on any atom is 0.222 e. The van der Waals surface area contributed by atoms with Crippen LogP contribution in [0.2, 0.25) is 0 Å². The van der Waals surface area contributed by atoms with Gasteiger partial charge in [0.05, 0.1) is 5.69 Å². The molecule has 15 heavy (non-hydrogen) atoms. The molecule has 3 N–H and O–H groups in total. The van der Waals surface area contributed by atoms with E-state index in [1.807, 2.05) is 18.2 Å². The van der Waals surface area contributed by atoms with Gasteiger partial charge in [0.2, 0.25) is 5.95 Å². The largest absolute Gasteiger partial charge is 0.373 e. The molecule has 0 unspecified atom stereocenters. The number of nitrogens with zero attached hydrogens (tertiary/aromatic N) is 3. The lowest BCUT2D eigenvalue weighted by molar-refractivity contribution is 1.18. The lowest BCUT2D eigenvalue weighted by Gasteiger charge is -2.04. The summed E-state index contributed by atoms with van der Waals surface area (Å²) >= 11 is 0. The van der Waals surface area contributed by atoms with E-state index in [1.54, 1.807) is 19.4 Å². The molecule has 0 amide bonds. The van der Waals surface area contributed by atoms with E-state index in [0.29, 0.717) is 5.82 Å². The summed E-state index contributed by atoms with van der Waals surface area (Å²) in [4.78, 5) is 12.1. The molecular formula is C10H11N5. The van der Waals surface area contributed by atoms with Gasteiger partial charge in [-0.3, -0.25) is 4.98 Å². The van der Waals surface area contributed by atoms with E-state index in [-0.39, 0.29) is 5.95 Å². The normalized spacial score (nSPS) is 9.93. The molecule has 0 bridgehead atoms. The van der Waals surface area contributed by atoms with Crippen molar-refractivity contribution in [2.45, 2.75) is 0 Å². The van der Waals surface area contributed by atoms with E-state index in [0.717, 1.165) is 11.3 Å². The van der Waals surface area contributed by atoms with Gasteiger partial charge in [-0.2, -0.15) is 4.98 Å². The molecule has 2 aromatic rings. The second-order valence-corrected chi connectivity index (χ2v) is 2.98. The molecule has 0 saturated carbocycles. The molecule has 2 rings (SSSR count). The van der Waals surface area contributed by atoms with E-state index < -0.39 is 0 Å².